The van der Waals surface area contributed by atoms with Gasteiger partial charge in [-0.1, -0.05) is 60.7 Å². The second kappa shape index (κ2) is 11.7. The standard InChI is InChI=1S/C28H27N5O5/c1-18-9-6-7-14-22(18)26(34)29-30-27(35)25-24(20-12-8-13-21(17-20)38-2)23(31-33(25)32-28(36)37)16-15-19-10-4-3-5-11-19/h3-14,17,32H,15-16H2,1-2H3,(H,29,34)(H,30,35)(H,36,37). The van der Waals surface area contributed by atoms with E-state index in [4.69, 9.17) is 4.74 Å². The number of methoxy groups -OCH3 is 1. The summed E-state index contributed by atoms with van der Waals surface area (Å²) in [4.78, 5) is 38.6. The quantitative estimate of drug-likeness (QED) is 0.264. The Hall–Kier alpha value is -5.12. The van der Waals surface area contributed by atoms with Crippen LogP contribution in [0.2, 0.25) is 0 Å². The maximum Gasteiger partial charge on any atom is 0.425 e. The van der Waals surface area contributed by atoms with Crippen LogP contribution < -0.4 is 21.0 Å². The number of amides is 3. The van der Waals surface area contributed by atoms with E-state index < -0.39 is 17.9 Å². The summed E-state index contributed by atoms with van der Waals surface area (Å²) in [5.41, 5.74) is 10.6. The fourth-order valence-electron chi connectivity index (χ4n) is 4.08. The number of nitrogens with zero attached hydrogens (tertiary/aromatic N) is 2. The Morgan fingerprint density at radius 3 is 2.32 bits per heavy atom. The minimum Gasteiger partial charge on any atom is -0.497 e. The third kappa shape index (κ3) is 5.98. The molecule has 10 nitrogen and oxygen atoms in total. The van der Waals surface area contributed by atoms with Gasteiger partial charge in [0.1, 0.15) is 5.75 Å². The molecule has 1 aromatic heterocycles. The van der Waals surface area contributed by atoms with E-state index in [2.05, 4.69) is 21.4 Å². The van der Waals surface area contributed by atoms with Gasteiger partial charge in [-0.05, 0) is 54.7 Å². The van der Waals surface area contributed by atoms with Crippen LogP contribution in [0.4, 0.5) is 4.79 Å². The molecule has 10 heteroatoms. The van der Waals surface area contributed by atoms with E-state index in [1.165, 1.54) is 7.11 Å². The highest BCUT2D eigenvalue weighted by molar-refractivity contribution is 6.03. The van der Waals surface area contributed by atoms with Crippen molar-refractivity contribution in [2.75, 3.05) is 12.5 Å². The normalized spacial score (nSPS) is 10.5. The maximum absolute atomic E-state index is 13.5. The number of aryl methyl sites for hydroxylation is 3. The van der Waals surface area contributed by atoms with E-state index >= 15 is 0 Å². The molecule has 38 heavy (non-hydrogen) atoms. The average Bonchev–Trinajstić information content (AvgIpc) is 3.28. The van der Waals surface area contributed by atoms with Crippen LogP contribution in [0.5, 0.6) is 5.75 Å². The molecule has 0 radical (unpaired) electrons. The fraction of sp³-hybridized carbons (Fsp3) is 0.143. The van der Waals surface area contributed by atoms with E-state index in [1.54, 1.807) is 55.5 Å². The number of aromatic nitrogens is 2. The highest BCUT2D eigenvalue weighted by Gasteiger charge is 2.27. The van der Waals surface area contributed by atoms with E-state index in [0.717, 1.165) is 15.9 Å². The largest absolute Gasteiger partial charge is 0.497 e. The van der Waals surface area contributed by atoms with Gasteiger partial charge in [0.2, 0.25) is 0 Å². The van der Waals surface area contributed by atoms with Gasteiger partial charge in [-0.25, -0.2) is 10.2 Å². The van der Waals surface area contributed by atoms with Crippen molar-refractivity contribution < 1.29 is 24.2 Å². The monoisotopic (exact) mass is 513 g/mol. The first-order valence-electron chi connectivity index (χ1n) is 11.8. The lowest BCUT2D eigenvalue weighted by Crippen LogP contribution is -2.43. The summed E-state index contributed by atoms with van der Waals surface area (Å²) < 4.78 is 5.36. The maximum atomic E-state index is 13.5. The van der Waals surface area contributed by atoms with Gasteiger partial charge in [-0.2, -0.15) is 9.89 Å². The number of hydrogen-bond donors (Lipinski definition) is 4. The van der Waals surface area contributed by atoms with Crippen molar-refractivity contribution >= 4 is 17.9 Å². The molecule has 0 atom stereocenters. The van der Waals surface area contributed by atoms with Crippen LogP contribution in [0.25, 0.3) is 11.1 Å². The van der Waals surface area contributed by atoms with Gasteiger partial charge in [-0.15, -0.1) is 0 Å². The average molecular weight is 514 g/mol. The first kappa shape index (κ1) is 26.0. The zero-order chi connectivity index (χ0) is 27.1. The number of carboxylic acid groups (broad SMARTS) is 1. The zero-order valence-electron chi connectivity index (χ0n) is 20.9. The van der Waals surface area contributed by atoms with E-state index in [0.29, 0.717) is 41.0 Å². The molecular formula is C28H27N5O5. The van der Waals surface area contributed by atoms with E-state index in [1.807, 2.05) is 30.3 Å². The molecule has 4 rings (SSSR count). The smallest absolute Gasteiger partial charge is 0.425 e. The predicted octanol–water partition coefficient (Wildman–Crippen LogP) is 3.95. The number of ether oxygens (including phenoxy) is 1. The summed E-state index contributed by atoms with van der Waals surface area (Å²) in [7, 11) is 1.53. The van der Waals surface area contributed by atoms with Crippen LogP contribution in [-0.4, -0.2) is 40.0 Å². The summed E-state index contributed by atoms with van der Waals surface area (Å²) in [5.74, 6) is -0.715. The third-order valence-corrected chi connectivity index (χ3v) is 5.91. The molecule has 4 aromatic rings. The molecule has 0 aliphatic rings. The molecule has 4 N–H and O–H groups in total. The molecule has 0 unspecified atom stereocenters. The lowest BCUT2D eigenvalue weighted by atomic mass is 9.98. The van der Waals surface area contributed by atoms with Gasteiger partial charge in [0.05, 0.1) is 12.8 Å². The molecule has 0 aliphatic heterocycles. The Morgan fingerprint density at radius 2 is 1.61 bits per heavy atom. The Morgan fingerprint density at radius 1 is 0.895 bits per heavy atom. The topological polar surface area (TPSA) is 135 Å². The van der Waals surface area contributed by atoms with Crippen molar-refractivity contribution in [3.05, 3.63) is 107 Å². The number of carbonyl (C=O) groups excluding carboxylic acids is 2. The summed E-state index contributed by atoms with van der Waals surface area (Å²) in [5, 5.41) is 13.9. The van der Waals surface area contributed by atoms with Gasteiger partial charge in [0.15, 0.2) is 5.69 Å². The van der Waals surface area contributed by atoms with Crippen LogP contribution in [-0.2, 0) is 12.8 Å². The number of benzene rings is 3. The summed E-state index contributed by atoms with van der Waals surface area (Å²) in [6, 6.07) is 23.7. The molecule has 3 amide bonds. The third-order valence-electron chi connectivity index (χ3n) is 5.91. The zero-order valence-corrected chi connectivity index (χ0v) is 20.9. The second-order valence-electron chi connectivity index (χ2n) is 8.44. The van der Waals surface area contributed by atoms with Gasteiger partial charge < -0.3 is 9.84 Å². The lowest BCUT2D eigenvalue weighted by molar-refractivity contribution is 0.0841. The van der Waals surface area contributed by atoms with E-state index in [-0.39, 0.29) is 5.69 Å². The van der Waals surface area contributed by atoms with Crippen molar-refractivity contribution in [2.24, 2.45) is 0 Å². The van der Waals surface area contributed by atoms with Gasteiger partial charge >= 0.3 is 6.09 Å². The minimum atomic E-state index is -1.41. The van der Waals surface area contributed by atoms with Crippen molar-refractivity contribution in [3.63, 3.8) is 0 Å². The minimum absolute atomic E-state index is 0.0891. The number of nitrogens with one attached hydrogen (secondary N) is 3. The number of rotatable bonds is 8. The number of hydrazine groups is 1. The predicted molar refractivity (Wildman–Crippen MR) is 142 cm³/mol. The molecule has 194 valence electrons. The van der Waals surface area contributed by atoms with Gasteiger partial charge in [0, 0.05) is 11.1 Å². The van der Waals surface area contributed by atoms with Crippen molar-refractivity contribution in [2.45, 2.75) is 19.8 Å². The number of carbonyl (C=O) groups is 3. The molecular weight excluding hydrogens is 486 g/mol. The van der Waals surface area contributed by atoms with Crippen molar-refractivity contribution in [1.82, 2.24) is 20.7 Å². The fourth-order valence-corrected chi connectivity index (χ4v) is 4.08. The first-order valence-corrected chi connectivity index (χ1v) is 11.8. The Bertz CT molecular complexity index is 1470. The van der Waals surface area contributed by atoms with Crippen LogP contribution in [0.15, 0.2) is 78.9 Å². The highest BCUT2D eigenvalue weighted by atomic mass is 16.5. The molecule has 0 aliphatic carbocycles. The Kier molecular flexibility index (Phi) is 8.02. The van der Waals surface area contributed by atoms with Crippen LogP contribution >= 0.6 is 0 Å². The van der Waals surface area contributed by atoms with Crippen LogP contribution in [0.1, 0.15) is 37.7 Å². The van der Waals surface area contributed by atoms with Crippen LogP contribution in [0.3, 0.4) is 0 Å². The first-order chi connectivity index (χ1) is 18.4. The van der Waals surface area contributed by atoms with Gasteiger partial charge in [0.25, 0.3) is 11.8 Å². The Labute approximate surface area is 219 Å². The SMILES string of the molecule is COc1cccc(-c2c(CCc3ccccc3)nn(NC(=O)O)c2C(=O)NNC(=O)c2ccccc2C)c1. The molecule has 3 aromatic carbocycles. The summed E-state index contributed by atoms with van der Waals surface area (Å²) in [6.45, 7) is 1.78. The van der Waals surface area contributed by atoms with E-state index in [9.17, 15) is 19.5 Å². The summed E-state index contributed by atoms with van der Waals surface area (Å²) in [6.07, 6.45) is -0.384. The lowest BCUT2D eigenvalue weighted by Gasteiger charge is -2.12. The second-order valence-corrected chi connectivity index (χ2v) is 8.44. The van der Waals surface area contributed by atoms with Crippen LogP contribution in [0, 0.1) is 6.92 Å². The molecule has 0 saturated heterocycles. The summed E-state index contributed by atoms with van der Waals surface area (Å²) >= 11 is 0. The Balaban J connectivity index is 1.73. The van der Waals surface area contributed by atoms with Gasteiger partial charge in [-0.3, -0.25) is 20.4 Å². The molecule has 0 saturated carbocycles. The molecule has 0 fully saturated rings. The van der Waals surface area contributed by atoms with Crippen molar-refractivity contribution in [3.8, 4) is 16.9 Å². The molecule has 0 spiro atoms. The number of hydrogen-bond acceptors (Lipinski definition) is 5. The molecule has 1 heterocycles. The van der Waals surface area contributed by atoms with Crippen molar-refractivity contribution in [1.29, 1.82) is 0 Å². The highest BCUT2D eigenvalue weighted by Crippen LogP contribution is 2.31. The molecule has 0 bridgehead atoms.